The summed E-state index contributed by atoms with van der Waals surface area (Å²) in [6.45, 7) is 0. The monoisotopic (exact) mass is 285 g/mol. The van der Waals surface area contributed by atoms with Crippen LogP contribution in [0.5, 0.6) is 5.75 Å². The second-order valence-corrected chi connectivity index (χ2v) is 6.24. The minimum absolute atomic E-state index is 0.106. The van der Waals surface area contributed by atoms with Crippen molar-refractivity contribution in [1.82, 2.24) is 5.32 Å². The van der Waals surface area contributed by atoms with Gasteiger partial charge < -0.3 is 14.5 Å². The Morgan fingerprint density at radius 2 is 2.24 bits per heavy atom. The third-order valence-corrected chi connectivity index (χ3v) is 5.01. The molecule has 0 radical (unpaired) electrons. The first-order chi connectivity index (χ1) is 10.2. The van der Waals surface area contributed by atoms with E-state index in [1.54, 1.807) is 13.2 Å². The molecule has 21 heavy (non-hydrogen) atoms. The minimum atomic E-state index is -0.106. The van der Waals surface area contributed by atoms with E-state index in [1.165, 1.54) is 19.3 Å². The number of hydrogen-bond donors (Lipinski definition) is 1. The van der Waals surface area contributed by atoms with Gasteiger partial charge in [-0.1, -0.05) is 18.6 Å². The van der Waals surface area contributed by atoms with Crippen molar-refractivity contribution >= 4 is 16.9 Å². The number of carbonyl (C=O) groups is 1. The maximum Gasteiger partial charge on any atom is 0.287 e. The van der Waals surface area contributed by atoms with Gasteiger partial charge in [0.1, 0.15) is 0 Å². The van der Waals surface area contributed by atoms with Crippen LogP contribution in [0.3, 0.4) is 0 Å². The summed E-state index contributed by atoms with van der Waals surface area (Å²) in [7, 11) is 1.60. The summed E-state index contributed by atoms with van der Waals surface area (Å²) >= 11 is 0. The van der Waals surface area contributed by atoms with Gasteiger partial charge in [0.05, 0.1) is 7.11 Å². The van der Waals surface area contributed by atoms with Crippen LogP contribution >= 0.6 is 0 Å². The molecule has 110 valence electrons. The summed E-state index contributed by atoms with van der Waals surface area (Å²) in [6.07, 6.45) is 4.99. The number of methoxy groups -OCH3 is 1. The van der Waals surface area contributed by atoms with Crippen molar-refractivity contribution in [3.05, 3.63) is 30.0 Å². The standard InChI is InChI=1S/C17H19NO3/c1-20-14-4-2-3-12-9-15(21-16(12)14)17(19)18-13-8-10-5-6-11(13)7-10/h2-4,9-11,13H,5-8H2,1H3,(H,18,19)/t10-,11-,13+/m0/s1. The number of nitrogens with one attached hydrogen (secondary N) is 1. The van der Waals surface area contributed by atoms with Crippen molar-refractivity contribution in [3.8, 4) is 5.75 Å². The summed E-state index contributed by atoms with van der Waals surface area (Å²) in [5.41, 5.74) is 0.637. The number of amides is 1. The predicted octanol–water partition coefficient (Wildman–Crippen LogP) is 3.36. The smallest absolute Gasteiger partial charge is 0.287 e. The first kappa shape index (κ1) is 12.7. The van der Waals surface area contributed by atoms with E-state index < -0.39 is 0 Å². The topological polar surface area (TPSA) is 51.5 Å². The van der Waals surface area contributed by atoms with Crippen LogP contribution in [0.4, 0.5) is 0 Å². The normalized spacial score (nSPS) is 27.2. The van der Waals surface area contributed by atoms with Crippen LogP contribution in [0.1, 0.15) is 36.2 Å². The van der Waals surface area contributed by atoms with Gasteiger partial charge in [-0.15, -0.1) is 0 Å². The Morgan fingerprint density at radius 1 is 1.33 bits per heavy atom. The minimum Gasteiger partial charge on any atom is -0.493 e. The molecule has 3 atom stereocenters. The second-order valence-electron chi connectivity index (χ2n) is 6.24. The molecule has 1 amide bonds. The maximum atomic E-state index is 12.4. The fourth-order valence-electron chi connectivity index (χ4n) is 3.97. The first-order valence-corrected chi connectivity index (χ1v) is 7.62. The van der Waals surface area contributed by atoms with E-state index in [0.717, 1.165) is 17.7 Å². The molecule has 0 spiro atoms. The number of para-hydroxylation sites is 1. The van der Waals surface area contributed by atoms with Crippen LogP contribution in [0, 0.1) is 11.8 Å². The first-order valence-electron chi connectivity index (χ1n) is 7.62. The molecular formula is C17H19NO3. The molecule has 1 aromatic carbocycles. The highest BCUT2D eigenvalue weighted by molar-refractivity contribution is 5.97. The zero-order valence-corrected chi connectivity index (χ0v) is 12.1. The van der Waals surface area contributed by atoms with Crippen LogP contribution in [-0.2, 0) is 0 Å². The van der Waals surface area contributed by atoms with Crippen LogP contribution in [0.25, 0.3) is 11.0 Å². The van der Waals surface area contributed by atoms with E-state index in [0.29, 0.717) is 29.1 Å². The van der Waals surface area contributed by atoms with Crippen LogP contribution in [0.2, 0.25) is 0 Å². The molecule has 0 saturated heterocycles. The van der Waals surface area contributed by atoms with Gasteiger partial charge in [0.25, 0.3) is 5.91 Å². The lowest BCUT2D eigenvalue weighted by Crippen LogP contribution is -2.38. The lowest BCUT2D eigenvalue weighted by molar-refractivity contribution is 0.0897. The number of carbonyl (C=O) groups excluding carboxylic acids is 1. The van der Waals surface area contributed by atoms with Gasteiger partial charge in [-0.3, -0.25) is 4.79 Å². The molecule has 2 saturated carbocycles. The molecule has 2 aliphatic carbocycles. The predicted molar refractivity (Wildman–Crippen MR) is 79.5 cm³/mol. The quantitative estimate of drug-likeness (QED) is 0.940. The zero-order valence-electron chi connectivity index (χ0n) is 12.1. The van der Waals surface area contributed by atoms with Gasteiger partial charge in [-0.2, -0.15) is 0 Å². The van der Waals surface area contributed by atoms with E-state index in [-0.39, 0.29) is 5.91 Å². The number of ether oxygens (including phenoxy) is 1. The maximum absolute atomic E-state index is 12.4. The summed E-state index contributed by atoms with van der Waals surface area (Å²) in [6, 6.07) is 7.78. The Bertz CT molecular complexity index is 690. The van der Waals surface area contributed by atoms with E-state index in [9.17, 15) is 4.79 Å². The lowest BCUT2D eigenvalue weighted by Gasteiger charge is -2.22. The van der Waals surface area contributed by atoms with Crippen LogP contribution in [-0.4, -0.2) is 19.1 Å². The van der Waals surface area contributed by atoms with Crippen molar-refractivity contribution in [1.29, 1.82) is 0 Å². The second kappa shape index (κ2) is 4.79. The summed E-state index contributed by atoms with van der Waals surface area (Å²) in [5.74, 6) is 2.41. The number of rotatable bonds is 3. The average Bonchev–Trinajstić information content (AvgIpc) is 3.20. The molecule has 1 heterocycles. The largest absolute Gasteiger partial charge is 0.493 e. The molecule has 4 nitrogen and oxygen atoms in total. The molecule has 2 fully saturated rings. The van der Waals surface area contributed by atoms with Gasteiger partial charge in [0, 0.05) is 11.4 Å². The van der Waals surface area contributed by atoms with Crippen molar-refractivity contribution in [2.45, 2.75) is 31.7 Å². The van der Waals surface area contributed by atoms with E-state index in [2.05, 4.69) is 5.32 Å². The van der Waals surface area contributed by atoms with Crippen LogP contribution < -0.4 is 10.1 Å². The Kier molecular flexibility index (Phi) is 2.91. The Labute approximate surface area is 123 Å². The highest BCUT2D eigenvalue weighted by Gasteiger charge is 2.40. The van der Waals surface area contributed by atoms with Crippen molar-refractivity contribution in [2.24, 2.45) is 11.8 Å². The number of hydrogen-bond acceptors (Lipinski definition) is 3. The molecule has 1 aromatic heterocycles. The number of benzene rings is 1. The molecule has 2 aliphatic rings. The van der Waals surface area contributed by atoms with E-state index in [1.807, 2.05) is 18.2 Å². The van der Waals surface area contributed by atoms with Gasteiger partial charge in [-0.25, -0.2) is 0 Å². The fourth-order valence-corrected chi connectivity index (χ4v) is 3.97. The number of fused-ring (bicyclic) bond motifs is 3. The Balaban J connectivity index is 1.57. The van der Waals surface area contributed by atoms with Crippen LogP contribution in [0.15, 0.2) is 28.7 Å². The molecule has 4 heteroatoms. The molecule has 0 aliphatic heterocycles. The summed E-state index contributed by atoms with van der Waals surface area (Å²) < 4.78 is 11.0. The Morgan fingerprint density at radius 3 is 2.95 bits per heavy atom. The SMILES string of the molecule is COc1cccc2cc(C(=O)N[C@@H]3C[C@H]4CC[C@H]3C4)oc12. The molecule has 4 rings (SSSR count). The van der Waals surface area contributed by atoms with Gasteiger partial charge in [-0.05, 0) is 43.2 Å². The third-order valence-electron chi connectivity index (χ3n) is 5.01. The molecular weight excluding hydrogens is 266 g/mol. The van der Waals surface area contributed by atoms with Crippen molar-refractivity contribution in [3.63, 3.8) is 0 Å². The zero-order chi connectivity index (χ0) is 14.4. The molecule has 1 N–H and O–H groups in total. The molecule has 2 aromatic rings. The van der Waals surface area contributed by atoms with Crippen molar-refractivity contribution in [2.75, 3.05) is 7.11 Å². The van der Waals surface area contributed by atoms with Crippen molar-refractivity contribution < 1.29 is 13.9 Å². The average molecular weight is 285 g/mol. The van der Waals surface area contributed by atoms with Gasteiger partial charge in [0.2, 0.25) is 0 Å². The fraction of sp³-hybridized carbons (Fsp3) is 0.471. The highest BCUT2D eigenvalue weighted by Crippen LogP contribution is 2.44. The molecule has 2 bridgehead atoms. The third kappa shape index (κ3) is 2.09. The lowest BCUT2D eigenvalue weighted by atomic mass is 9.95. The van der Waals surface area contributed by atoms with E-state index >= 15 is 0 Å². The van der Waals surface area contributed by atoms with Gasteiger partial charge in [0.15, 0.2) is 17.1 Å². The summed E-state index contributed by atoms with van der Waals surface area (Å²) in [4.78, 5) is 12.4. The highest BCUT2D eigenvalue weighted by atomic mass is 16.5. The number of furan rings is 1. The Hall–Kier alpha value is -1.97. The molecule has 0 unspecified atom stereocenters. The van der Waals surface area contributed by atoms with E-state index in [4.69, 9.17) is 9.15 Å². The summed E-state index contributed by atoms with van der Waals surface area (Å²) in [5, 5.41) is 4.05. The van der Waals surface area contributed by atoms with Gasteiger partial charge >= 0.3 is 0 Å².